The van der Waals surface area contributed by atoms with E-state index in [1.54, 1.807) is 18.7 Å². The quantitative estimate of drug-likeness (QED) is 0.743. The van der Waals surface area contributed by atoms with Crippen LogP contribution < -0.4 is 5.73 Å². The van der Waals surface area contributed by atoms with Crippen LogP contribution in [-0.2, 0) is 11.8 Å². The van der Waals surface area contributed by atoms with Crippen LogP contribution in [-0.4, -0.2) is 28.9 Å². The van der Waals surface area contributed by atoms with Gasteiger partial charge in [0, 0.05) is 18.8 Å². The molecular formula is C10H17N3O2. The highest BCUT2D eigenvalue weighted by Gasteiger charge is 2.20. The van der Waals surface area contributed by atoms with E-state index < -0.39 is 0 Å². The highest BCUT2D eigenvalue weighted by atomic mass is 16.5. The molecule has 0 aliphatic heterocycles. The summed E-state index contributed by atoms with van der Waals surface area (Å²) < 4.78 is 6.53. The molecule has 0 amide bonds. The van der Waals surface area contributed by atoms with Gasteiger partial charge in [-0.15, -0.1) is 0 Å². The van der Waals surface area contributed by atoms with Crippen LogP contribution in [0.3, 0.4) is 0 Å². The Hall–Kier alpha value is -1.36. The number of aromatic nitrogens is 2. The molecule has 0 spiro atoms. The van der Waals surface area contributed by atoms with E-state index in [1.807, 2.05) is 13.1 Å². The Morgan fingerprint density at radius 2 is 2.40 bits per heavy atom. The molecule has 0 saturated heterocycles. The summed E-state index contributed by atoms with van der Waals surface area (Å²) >= 11 is 0. The number of rotatable bonds is 4. The van der Waals surface area contributed by atoms with E-state index in [2.05, 4.69) is 5.10 Å². The van der Waals surface area contributed by atoms with Gasteiger partial charge in [-0.1, -0.05) is 6.92 Å². The largest absolute Gasteiger partial charge is 0.461 e. The van der Waals surface area contributed by atoms with Gasteiger partial charge in [-0.3, -0.25) is 4.68 Å². The van der Waals surface area contributed by atoms with E-state index in [0.29, 0.717) is 18.8 Å². The molecule has 0 bridgehead atoms. The van der Waals surface area contributed by atoms with Crippen molar-refractivity contribution in [3.63, 3.8) is 0 Å². The maximum Gasteiger partial charge on any atom is 0.359 e. The van der Waals surface area contributed by atoms with E-state index in [0.717, 1.165) is 5.56 Å². The number of carbonyl (C=O) groups is 1. The van der Waals surface area contributed by atoms with Crippen molar-refractivity contribution in [3.05, 3.63) is 17.5 Å². The Labute approximate surface area is 89.2 Å². The minimum atomic E-state index is -0.381. The van der Waals surface area contributed by atoms with E-state index in [4.69, 9.17) is 10.5 Å². The predicted molar refractivity (Wildman–Crippen MR) is 56.6 cm³/mol. The van der Waals surface area contributed by atoms with Crippen molar-refractivity contribution in [3.8, 4) is 0 Å². The molecular weight excluding hydrogens is 194 g/mol. The molecule has 15 heavy (non-hydrogen) atoms. The van der Waals surface area contributed by atoms with Crippen LogP contribution in [0.2, 0.25) is 0 Å². The normalized spacial score (nSPS) is 12.5. The second kappa shape index (κ2) is 4.93. The highest BCUT2D eigenvalue weighted by molar-refractivity contribution is 5.89. The minimum absolute atomic E-state index is 0.109. The van der Waals surface area contributed by atoms with E-state index >= 15 is 0 Å². The minimum Gasteiger partial charge on any atom is -0.461 e. The summed E-state index contributed by atoms with van der Waals surface area (Å²) in [6.07, 6.45) is 1.81. The molecule has 0 aliphatic rings. The first-order chi connectivity index (χ1) is 7.10. The summed E-state index contributed by atoms with van der Waals surface area (Å²) in [4.78, 5) is 11.6. The number of esters is 1. The molecule has 1 rings (SSSR count). The van der Waals surface area contributed by atoms with Crippen molar-refractivity contribution in [2.24, 2.45) is 12.8 Å². The molecule has 1 heterocycles. The van der Waals surface area contributed by atoms with Crippen molar-refractivity contribution in [2.75, 3.05) is 13.2 Å². The fraction of sp³-hybridized carbons (Fsp3) is 0.600. The third-order valence-corrected chi connectivity index (χ3v) is 2.21. The van der Waals surface area contributed by atoms with Crippen LogP contribution in [0, 0.1) is 0 Å². The van der Waals surface area contributed by atoms with Gasteiger partial charge in [-0.05, 0) is 19.4 Å². The average molecular weight is 211 g/mol. The third kappa shape index (κ3) is 2.56. The standard InChI is InChI=1S/C10H17N3O2/c1-4-15-10(14)9-8(7(2)5-11)6-13(3)12-9/h6-7H,4-5,11H2,1-3H3. The molecule has 0 radical (unpaired) electrons. The van der Waals surface area contributed by atoms with Gasteiger partial charge in [0.15, 0.2) is 5.69 Å². The summed E-state index contributed by atoms with van der Waals surface area (Å²) in [6, 6.07) is 0. The Morgan fingerprint density at radius 1 is 1.73 bits per heavy atom. The molecule has 5 nitrogen and oxygen atoms in total. The number of ether oxygens (including phenoxy) is 1. The van der Waals surface area contributed by atoms with Crippen LogP contribution in [0.15, 0.2) is 6.20 Å². The zero-order valence-corrected chi connectivity index (χ0v) is 9.36. The Kier molecular flexibility index (Phi) is 3.85. The molecule has 1 aromatic heterocycles. The lowest BCUT2D eigenvalue weighted by Crippen LogP contribution is -2.14. The van der Waals surface area contributed by atoms with Crippen molar-refractivity contribution in [1.29, 1.82) is 0 Å². The predicted octanol–water partition coefficient (Wildman–Crippen LogP) is 0.659. The van der Waals surface area contributed by atoms with Gasteiger partial charge in [0.25, 0.3) is 0 Å². The second-order valence-electron chi connectivity index (χ2n) is 3.46. The molecule has 1 unspecified atom stereocenters. The third-order valence-electron chi connectivity index (χ3n) is 2.21. The van der Waals surface area contributed by atoms with Crippen molar-refractivity contribution < 1.29 is 9.53 Å². The van der Waals surface area contributed by atoms with Gasteiger partial charge in [0.05, 0.1) is 6.61 Å². The lowest BCUT2D eigenvalue weighted by atomic mass is 10.0. The second-order valence-corrected chi connectivity index (χ2v) is 3.46. The molecule has 2 N–H and O–H groups in total. The topological polar surface area (TPSA) is 70.1 Å². The first-order valence-electron chi connectivity index (χ1n) is 5.00. The molecule has 1 atom stereocenters. The number of hydrogen-bond acceptors (Lipinski definition) is 4. The lowest BCUT2D eigenvalue weighted by molar-refractivity contribution is 0.0517. The number of aryl methyl sites for hydroxylation is 1. The molecule has 1 aromatic rings. The van der Waals surface area contributed by atoms with E-state index in [-0.39, 0.29) is 11.9 Å². The van der Waals surface area contributed by atoms with Crippen molar-refractivity contribution in [2.45, 2.75) is 19.8 Å². The Bertz CT molecular complexity index is 346. The van der Waals surface area contributed by atoms with E-state index in [9.17, 15) is 4.79 Å². The van der Waals surface area contributed by atoms with Crippen LogP contribution in [0.5, 0.6) is 0 Å². The van der Waals surface area contributed by atoms with Gasteiger partial charge < -0.3 is 10.5 Å². The highest BCUT2D eigenvalue weighted by Crippen LogP contribution is 2.18. The maximum atomic E-state index is 11.6. The average Bonchev–Trinajstić information content (AvgIpc) is 2.59. The number of nitrogens with two attached hydrogens (primary N) is 1. The van der Waals surface area contributed by atoms with Gasteiger partial charge in [0.2, 0.25) is 0 Å². The molecule has 0 fully saturated rings. The summed E-state index contributed by atoms with van der Waals surface area (Å²) in [5.74, 6) is -0.272. The zero-order valence-electron chi connectivity index (χ0n) is 9.36. The summed E-state index contributed by atoms with van der Waals surface area (Å²) in [5.41, 5.74) is 6.79. The summed E-state index contributed by atoms with van der Waals surface area (Å²) in [5, 5.41) is 4.08. The van der Waals surface area contributed by atoms with E-state index in [1.165, 1.54) is 0 Å². The van der Waals surface area contributed by atoms with Gasteiger partial charge >= 0.3 is 5.97 Å². The monoisotopic (exact) mass is 211 g/mol. The molecule has 0 aromatic carbocycles. The Morgan fingerprint density at radius 3 is 2.93 bits per heavy atom. The fourth-order valence-electron chi connectivity index (χ4n) is 1.35. The SMILES string of the molecule is CCOC(=O)c1nn(C)cc1C(C)CN. The van der Waals surface area contributed by atoms with Gasteiger partial charge in [-0.2, -0.15) is 5.10 Å². The van der Waals surface area contributed by atoms with Crippen LogP contribution in [0.25, 0.3) is 0 Å². The number of hydrogen-bond donors (Lipinski definition) is 1. The molecule has 84 valence electrons. The lowest BCUT2D eigenvalue weighted by Gasteiger charge is -2.07. The molecule has 5 heteroatoms. The fourth-order valence-corrected chi connectivity index (χ4v) is 1.35. The molecule has 0 aliphatic carbocycles. The van der Waals surface area contributed by atoms with Crippen molar-refractivity contribution in [1.82, 2.24) is 9.78 Å². The van der Waals surface area contributed by atoms with Crippen LogP contribution in [0.4, 0.5) is 0 Å². The van der Waals surface area contributed by atoms with Crippen molar-refractivity contribution >= 4 is 5.97 Å². The van der Waals surface area contributed by atoms with Crippen LogP contribution >= 0.6 is 0 Å². The van der Waals surface area contributed by atoms with Crippen LogP contribution in [0.1, 0.15) is 35.8 Å². The smallest absolute Gasteiger partial charge is 0.359 e. The number of nitrogens with zero attached hydrogens (tertiary/aromatic N) is 2. The summed E-state index contributed by atoms with van der Waals surface area (Å²) in [7, 11) is 1.77. The first-order valence-corrected chi connectivity index (χ1v) is 5.00. The summed E-state index contributed by atoms with van der Waals surface area (Å²) in [6.45, 7) is 4.57. The number of carbonyl (C=O) groups excluding carboxylic acids is 1. The Balaban J connectivity index is 3.00. The van der Waals surface area contributed by atoms with Gasteiger partial charge in [-0.25, -0.2) is 4.79 Å². The maximum absolute atomic E-state index is 11.6. The first kappa shape index (κ1) is 11.7. The molecule has 0 saturated carbocycles. The van der Waals surface area contributed by atoms with Gasteiger partial charge in [0.1, 0.15) is 0 Å². The zero-order chi connectivity index (χ0) is 11.4.